The zero-order valence-corrected chi connectivity index (χ0v) is 16.3. The number of fused-ring (bicyclic) bond motifs is 3. The maximum atomic E-state index is 5.92. The lowest BCUT2D eigenvalue weighted by atomic mass is 10.1. The van der Waals surface area contributed by atoms with Gasteiger partial charge in [0, 0.05) is 32.2 Å². The van der Waals surface area contributed by atoms with E-state index in [0.717, 1.165) is 26.5 Å². The van der Waals surface area contributed by atoms with Crippen molar-refractivity contribution in [2.45, 2.75) is 0 Å². The van der Waals surface area contributed by atoms with Crippen LogP contribution in [0, 0.1) is 0 Å². The number of halogens is 1. The van der Waals surface area contributed by atoms with E-state index in [1.165, 1.54) is 0 Å². The minimum absolute atomic E-state index is 0.670. The molecular formula is C21H15BrN6. The minimum Gasteiger partial charge on any atom is -0.399 e. The van der Waals surface area contributed by atoms with Crippen molar-refractivity contribution in [2.75, 3.05) is 11.1 Å². The number of nitrogens with one attached hydrogen (secondary N) is 1. The molecule has 5 aromatic rings. The highest BCUT2D eigenvalue weighted by molar-refractivity contribution is 9.10. The van der Waals surface area contributed by atoms with Crippen LogP contribution in [0.3, 0.4) is 0 Å². The molecule has 2 aromatic heterocycles. The molecule has 0 atom stereocenters. The van der Waals surface area contributed by atoms with Gasteiger partial charge in [0.05, 0.1) is 0 Å². The Balaban J connectivity index is 1.77. The predicted octanol–water partition coefficient (Wildman–Crippen LogP) is 5.03. The van der Waals surface area contributed by atoms with Crippen LogP contribution in [0.25, 0.3) is 27.8 Å². The molecule has 0 radical (unpaired) electrons. The monoisotopic (exact) mass is 430 g/mol. The second-order valence-electron chi connectivity index (χ2n) is 6.38. The third-order valence-corrected chi connectivity index (χ3v) is 5.22. The largest absolute Gasteiger partial charge is 0.399 e. The lowest BCUT2D eigenvalue weighted by molar-refractivity contribution is 0.950. The summed E-state index contributed by atoms with van der Waals surface area (Å²) in [6.45, 7) is 0. The molecule has 0 aliphatic heterocycles. The van der Waals surface area contributed by atoms with E-state index in [4.69, 9.17) is 10.8 Å². The van der Waals surface area contributed by atoms with Gasteiger partial charge in [-0.25, -0.2) is 0 Å². The first-order chi connectivity index (χ1) is 13.7. The maximum Gasteiger partial charge on any atom is 0.186 e. The molecule has 0 saturated carbocycles. The highest BCUT2D eigenvalue weighted by Gasteiger charge is 2.16. The number of hydrogen-bond donors (Lipinski definition) is 2. The predicted molar refractivity (Wildman–Crippen MR) is 116 cm³/mol. The minimum atomic E-state index is 0.670. The molecule has 2 heterocycles. The average molecular weight is 431 g/mol. The number of rotatable bonds is 3. The second kappa shape index (κ2) is 6.61. The second-order valence-corrected chi connectivity index (χ2v) is 7.24. The van der Waals surface area contributed by atoms with Crippen LogP contribution in [-0.2, 0) is 0 Å². The fraction of sp³-hybridized carbons (Fsp3) is 0. The van der Waals surface area contributed by atoms with Crippen LogP contribution in [0.1, 0.15) is 0 Å². The third kappa shape index (κ3) is 2.76. The van der Waals surface area contributed by atoms with E-state index in [0.29, 0.717) is 23.0 Å². The summed E-state index contributed by atoms with van der Waals surface area (Å²) in [6, 6.07) is 23.5. The van der Waals surface area contributed by atoms with E-state index in [9.17, 15) is 0 Å². The Kier molecular flexibility index (Phi) is 3.95. The molecule has 3 aromatic carbocycles. The number of nitrogen functional groups attached to an aromatic ring is 1. The van der Waals surface area contributed by atoms with Crippen LogP contribution in [0.2, 0.25) is 0 Å². The van der Waals surface area contributed by atoms with Crippen LogP contribution < -0.4 is 11.1 Å². The number of anilines is 3. The SMILES string of the molecule is Nc1cccc(Nc2nn3c(-c4ccccc4Br)nnc3c3ccccc23)c1. The Hall–Kier alpha value is -3.45. The molecule has 0 aliphatic carbocycles. The molecule has 3 N–H and O–H groups in total. The Bertz CT molecular complexity index is 1330. The molecular weight excluding hydrogens is 416 g/mol. The molecule has 0 fully saturated rings. The molecule has 7 heteroatoms. The summed E-state index contributed by atoms with van der Waals surface area (Å²) in [7, 11) is 0. The first kappa shape index (κ1) is 16.7. The zero-order valence-electron chi connectivity index (χ0n) is 14.7. The molecule has 0 saturated heterocycles. The van der Waals surface area contributed by atoms with Gasteiger partial charge in [0.15, 0.2) is 17.3 Å². The molecule has 28 heavy (non-hydrogen) atoms. The van der Waals surface area contributed by atoms with Crippen molar-refractivity contribution in [3.05, 3.63) is 77.3 Å². The summed E-state index contributed by atoms with van der Waals surface area (Å²) in [6.07, 6.45) is 0. The quantitative estimate of drug-likeness (QED) is 0.392. The van der Waals surface area contributed by atoms with Gasteiger partial charge in [0.1, 0.15) is 0 Å². The Morgan fingerprint density at radius 2 is 1.64 bits per heavy atom. The fourth-order valence-corrected chi connectivity index (χ4v) is 3.70. The Labute approximate surface area is 169 Å². The van der Waals surface area contributed by atoms with Crippen molar-refractivity contribution in [1.82, 2.24) is 19.8 Å². The third-order valence-electron chi connectivity index (χ3n) is 4.53. The van der Waals surface area contributed by atoms with Gasteiger partial charge in [-0.05, 0) is 30.3 Å². The molecule has 0 bridgehead atoms. The normalized spacial score (nSPS) is 11.2. The Morgan fingerprint density at radius 3 is 2.46 bits per heavy atom. The van der Waals surface area contributed by atoms with Gasteiger partial charge in [0.25, 0.3) is 0 Å². The molecule has 136 valence electrons. The summed E-state index contributed by atoms with van der Waals surface area (Å²) in [4.78, 5) is 0. The van der Waals surface area contributed by atoms with Crippen molar-refractivity contribution in [3.8, 4) is 11.4 Å². The summed E-state index contributed by atoms with van der Waals surface area (Å²) in [5, 5.41) is 19.0. The van der Waals surface area contributed by atoms with E-state index in [1.54, 1.807) is 4.52 Å². The summed E-state index contributed by atoms with van der Waals surface area (Å²) in [5.74, 6) is 1.38. The van der Waals surface area contributed by atoms with Gasteiger partial charge in [0.2, 0.25) is 0 Å². The zero-order chi connectivity index (χ0) is 19.1. The lowest BCUT2D eigenvalue weighted by Gasteiger charge is -2.11. The van der Waals surface area contributed by atoms with Crippen molar-refractivity contribution in [2.24, 2.45) is 0 Å². The van der Waals surface area contributed by atoms with Gasteiger partial charge >= 0.3 is 0 Å². The lowest BCUT2D eigenvalue weighted by Crippen LogP contribution is -2.03. The molecule has 0 aliphatic rings. The van der Waals surface area contributed by atoms with Crippen molar-refractivity contribution in [1.29, 1.82) is 0 Å². The van der Waals surface area contributed by atoms with Crippen LogP contribution in [0.4, 0.5) is 17.2 Å². The van der Waals surface area contributed by atoms with Crippen LogP contribution in [-0.4, -0.2) is 19.8 Å². The molecule has 6 nitrogen and oxygen atoms in total. The fourth-order valence-electron chi connectivity index (χ4n) is 3.24. The molecule has 0 amide bonds. The van der Waals surface area contributed by atoms with Crippen molar-refractivity contribution >= 4 is 49.5 Å². The summed E-state index contributed by atoms with van der Waals surface area (Å²) < 4.78 is 2.71. The van der Waals surface area contributed by atoms with E-state index in [2.05, 4.69) is 31.4 Å². The average Bonchev–Trinajstić information content (AvgIpc) is 3.12. The van der Waals surface area contributed by atoms with E-state index in [1.807, 2.05) is 72.8 Å². The number of nitrogens with zero attached hydrogens (tertiary/aromatic N) is 4. The van der Waals surface area contributed by atoms with Gasteiger partial charge < -0.3 is 11.1 Å². The van der Waals surface area contributed by atoms with Crippen molar-refractivity contribution < 1.29 is 0 Å². The summed E-state index contributed by atoms with van der Waals surface area (Å²) in [5.41, 5.74) is 9.11. The first-order valence-corrected chi connectivity index (χ1v) is 9.51. The van der Waals surface area contributed by atoms with Crippen LogP contribution >= 0.6 is 15.9 Å². The first-order valence-electron chi connectivity index (χ1n) is 8.72. The van der Waals surface area contributed by atoms with E-state index >= 15 is 0 Å². The smallest absolute Gasteiger partial charge is 0.186 e. The number of aromatic nitrogens is 4. The van der Waals surface area contributed by atoms with E-state index < -0.39 is 0 Å². The van der Waals surface area contributed by atoms with Crippen LogP contribution in [0.15, 0.2) is 77.3 Å². The van der Waals surface area contributed by atoms with E-state index in [-0.39, 0.29) is 0 Å². The van der Waals surface area contributed by atoms with Crippen molar-refractivity contribution in [3.63, 3.8) is 0 Å². The highest BCUT2D eigenvalue weighted by Crippen LogP contribution is 2.31. The maximum absolute atomic E-state index is 5.92. The van der Waals surface area contributed by atoms with Gasteiger partial charge in [-0.2, -0.15) is 4.52 Å². The number of benzene rings is 3. The summed E-state index contributed by atoms with van der Waals surface area (Å²) >= 11 is 3.60. The molecule has 0 spiro atoms. The van der Waals surface area contributed by atoms with Gasteiger partial charge in [-0.15, -0.1) is 15.3 Å². The molecule has 5 rings (SSSR count). The van der Waals surface area contributed by atoms with Gasteiger partial charge in [-0.1, -0.05) is 58.4 Å². The molecule has 0 unspecified atom stereocenters. The number of nitrogens with two attached hydrogens (primary N) is 1. The Morgan fingerprint density at radius 1 is 0.857 bits per heavy atom. The number of hydrogen-bond acceptors (Lipinski definition) is 5. The van der Waals surface area contributed by atoms with Crippen LogP contribution in [0.5, 0.6) is 0 Å². The highest BCUT2D eigenvalue weighted by atomic mass is 79.9. The topological polar surface area (TPSA) is 81.1 Å². The standard InChI is InChI=1S/C21H15BrN6/c22-18-11-4-3-10-17(18)21-26-25-20-16-9-2-1-8-15(16)19(27-28(20)21)24-14-7-5-6-13(23)12-14/h1-12H,23H2,(H,24,27). The van der Waals surface area contributed by atoms with Gasteiger partial charge in [-0.3, -0.25) is 0 Å².